The lowest BCUT2D eigenvalue weighted by molar-refractivity contribution is 0.524. The third-order valence-electron chi connectivity index (χ3n) is 5.78. The number of hydrogen-bond donors (Lipinski definition) is 0. The van der Waals surface area contributed by atoms with Crippen molar-refractivity contribution in [3.63, 3.8) is 0 Å². The first-order chi connectivity index (χ1) is 14.6. The van der Waals surface area contributed by atoms with Crippen molar-refractivity contribution in [2.45, 2.75) is 52.4 Å². The molecule has 1 heterocycles. The van der Waals surface area contributed by atoms with Crippen LogP contribution in [0.1, 0.15) is 50.7 Å². The number of hydrogen-bond acceptors (Lipinski definition) is 2. The van der Waals surface area contributed by atoms with E-state index in [1.807, 2.05) is 31.2 Å². The first kappa shape index (κ1) is 20.3. The van der Waals surface area contributed by atoms with Crippen LogP contribution in [-0.2, 0) is 12.8 Å². The van der Waals surface area contributed by atoms with Crippen LogP contribution in [0.4, 0.5) is 4.39 Å². The molecule has 0 aliphatic rings. The van der Waals surface area contributed by atoms with Gasteiger partial charge in [-0.1, -0.05) is 81.6 Å². The standard InChI is InChI=1S/C27H27FO2/c1-3-5-6-8-18-9-11-19(12-10-18)21-14-15-22-23-16-13-20(7-4-2)25(28)26(23)30-27(29)24(22)17-21/h9-17H,3-8H2,1-2H3. The summed E-state index contributed by atoms with van der Waals surface area (Å²) in [5.74, 6) is -0.420. The molecule has 0 spiro atoms. The largest absolute Gasteiger partial charge is 0.419 e. The lowest BCUT2D eigenvalue weighted by Crippen LogP contribution is -2.02. The minimum atomic E-state index is -0.497. The summed E-state index contributed by atoms with van der Waals surface area (Å²) in [5.41, 5.74) is 3.49. The van der Waals surface area contributed by atoms with Crippen LogP contribution in [0.15, 0.2) is 63.8 Å². The molecule has 30 heavy (non-hydrogen) atoms. The van der Waals surface area contributed by atoms with Crippen LogP contribution in [0.5, 0.6) is 0 Å². The fourth-order valence-corrected chi connectivity index (χ4v) is 4.09. The predicted octanol–water partition coefficient (Wildman–Crippen LogP) is 7.44. The highest BCUT2D eigenvalue weighted by Gasteiger charge is 2.15. The van der Waals surface area contributed by atoms with E-state index in [2.05, 4.69) is 31.2 Å². The zero-order valence-corrected chi connectivity index (χ0v) is 17.6. The van der Waals surface area contributed by atoms with Crippen molar-refractivity contribution < 1.29 is 8.81 Å². The third-order valence-corrected chi connectivity index (χ3v) is 5.78. The molecule has 154 valence electrons. The minimum absolute atomic E-state index is 0.0580. The van der Waals surface area contributed by atoms with Crippen LogP contribution in [0.3, 0.4) is 0 Å². The molecule has 0 saturated heterocycles. The molecule has 0 aliphatic carbocycles. The lowest BCUT2D eigenvalue weighted by Gasteiger charge is -2.09. The smallest absolute Gasteiger partial charge is 0.344 e. The molecule has 0 fully saturated rings. The highest BCUT2D eigenvalue weighted by molar-refractivity contribution is 6.05. The number of fused-ring (bicyclic) bond motifs is 3. The number of rotatable bonds is 7. The van der Waals surface area contributed by atoms with Gasteiger partial charge in [-0.2, -0.15) is 0 Å². The lowest BCUT2D eigenvalue weighted by atomic mass is 9.98. The van der Waals surface area contributed by atoms with Gasteiger partial charge in [0.1, 0.15) is 0 Å². The van der Waals surface area contributed by atoms with Crippen molar-refractivity contribution in [3.8, 4) is 11.1 Å². The van der Waals surface area contributed by atoms with E-state index in [1.165, 1.54) is 24.8 Å². The minimum Gasteiger partial charge on any atom is -0.419 e. The normalized spacial score (nSPS) is 11.4. The molecule has 0 radical (unpaired) electrons. The SMILES string of the molecule is CCCCCc1ccc(-c2ccc3c(c2)c(=O)oc2c(F)c(CCC)ccc23)cc1. The molecule has 3 heteroatoms. The van der Waals surface area contributed by atoms with Gasteiger partial charge in [0.15, 0.2) is 11.4 Å². The summed E-state index contributed by atoms with van der Waals surface area (Å²) in [6.07, 6.45) is 6.22. The fourth-order valence-electron chi connectivity index (χ4n) is 4.09. The summed E-state index contributed by atoms with van der Waals surface area (Å²) in [4.78, 5) is 12.7. The molecule has 0 N–H and O–H groups in total. The van der Waals surface area contributed by atoms with E-state index in [-0.39, 0.29) is 5.58 Å². The first-order valence-electron chi connectivity index (χ1n) is 10.9. The van der Waals surface area contributed by atoms with Crippen molar-refractivity contribution in [3.05, 3.63) is 82.0 Å². The van der Waals surface area contributed by atoms with Gasteiger partial charge in [-0.3, -0.25) is 0 Å². The second-order valence-corrected chi connectivity index (χ2v) is 7.97. The number of benzene rings is 3. The van der Waals surface area contributed by atoms with Crippen molar-refractivity contribution >= 4 is 21.7 Å². The topological polar surface area (TPSA) is 30.2 Å². The average Bonchev–Trinajstić information content (AvgIpc) is 2.77. The summed E-state index contributed by atoms with van der Waals surface area (Å²) in [5, 5.41) is 1.84. The Balaban J connectivity index is 1.74. The van der Waals surface area contributed by atoms with E-state index in [4.69, 9.17) is 4.42 Å². The number of halogens is 1. The van der Waals surface area contributed by atoms with Crippen LogP contribution >= 0.6 is 0 Å². The Kier molecular flexibility index (Phi) is 5.98. The number of aryl methyl sites for hydroxylation is 2. The van der Waals surface area contributed by atoms with Crippen LogP contribution in [0, 0.1) is 5.82 Å². The van der Waals surface area contributed by atoms with Crippen molar-refractivity contribution in [1.82, 2.24) is 0 Å². The van der Waals surface area contributed by atoms with Gasteiger partial charge in [0.05, 0.1) is 5.39 Å². The molecule has 0 unspecified atom stereocenters. The molecule has 2 nitrogen and oxygen atoms in total. The van der Waals surface area contributed by atoms with Crippen molar-refractivity contribution in [2.24, 2.45) is 0 Å². The second kappa shape index (κ2) is 8.83. The van der Waals surface area contributed by atoms with Crippen molar-refractivity contribution in [2.75, 3.05) is 0 Å². The maximum atomic E-state index is 14.8. The van der Waals surface area contributed by atoms with Crippen molar-refractivity contribution in [1.29, 1.82) is 0 Å². The molecular weight excluding hydrogens is 375 g/mol. The Morgan fingerprint density at radius 1 is 0.767 bits per heavy atom. The zero-order valence-electron chi connectivity index (χ0n) is 17.6. The van der Waals surface area contributed by atoms with E-state index >= 15 is 0 Å². The molecule has 4 aromatic rings. The molecule has 1 aromatic heterocycles. The summed E-state index contributed by atoms with van der Waals surface area (Å²) < 4.78 is 20.3. The Hall–Kier alpha value is -2.94. The predicted molar refractivity (Wildman–Crippen MR) is 123 cm³/mol. The van der Waals surface area contributed by atoms with E-state index in [1.54, 1.807) is 6.07 Å². The average molecular weight is 403 g/mol. The van der Waals surface area contributed by atoms with E-state index < -0.39 is 11.4 Å². The summed E-state index contributed by atoms with van der Waals surface area (Å²) in [7, 11) is 0. The molecule has 0 atom stereocenters. The van der Waals surface area contributed by atoms with Gasteiger partial charge in [-0.25, -0.2) is 9.18 Å². The maximum Gasteiger partial charge on any atom is 0.344 e. The molecular formula is C27H27FO2. The fraction of sp³-hybridized carbons (Fsp3) is 0.296. The molecule has 0 amide bonds. The molecule has 3 aromatic carbocycles. The maximum absolute atomic E-state index is 14.8. The summed E-state index contributed by atoms with van der Waals surface area (Å²) >= 11 is 0. The van der Waals surface area contributed by atoms with Gasteiger partial charge in [-0.15, -0.1) is 0 Å². The second-order valence-electron chi connectivity index (χ2n) is 7.97. The van der Waals surface area contributed by atoms with Gasteiger partial charge < -0.3 is 4.42 Å². The van der Waals surface area contributed by atoms with E-state index in [0.717, 1.165) is 29.4 Å². The Morgan fingerprint density at radius 2 is 1.50 bits per heavy atom. The molecule has 0 saturated carbocycles. The van der Waals surface area contributed by atoms with Gasteiger partial charge in [-0.05, 0) is 47.6 Å². The molecule has 4 rings (SSSR count). The first-order valence-corrected chi connectivity index (χ1v) is 10.9. The van der Waals surface area contributed by atoms with Crippen LogP contribution in [0.2, 0.25) is 0 Å². The Morgan fingerprint density at radius 3 is 2.23 bits per heavy atom. The van der Waals surface area contributed by atoms with E-state index in [0.29, 0.717) is 22.8 Å². The highest BCUT2D eigenvalue weighted by Crippen LogP contribution is 2.30. The van der Waals surface area contributed by atoms with Crippen LogP contribution < -0.4 is 5.63 Å². The van der Waals surface area contributed by atoms with Gasteiger partial charge in [0, 0.05) is 10.8 Å². The van der Waals surface area contributed by atoms with Crippen LogP contribution in [0.25, 0.3) is 32.9 Å². The van der Waals surface area contributed by atoms with Gasteiger partial charge in [0.25, 0.3) is 0 Å². The number of unbranched alkanes of at least 4 members (excludes halogenated alkanes) is 2. The quantitative estimate of drug-likeness (QED) is 0.183. The van der Waals surface area contributed by atoms with Crippen LogP contribution in [-0.4, -0.2) is 0 Å². The molecule has 0 bridgehead atoms. The monoisotopic (exact) mass is 402 g/mol. The Labute approximate surface area is 176 Å². The summed E-state index contributed by atoms with van der Waals surface area (Å²) in [6.45, 7) is 4.21. The summed E-state index contributed by atoms with van der Waals surface area (Å²) in [6, 6.07) is 17.9. The van der Waals surface area contributed by atoms with E-state index in [9.17, 15) is 9.18 Å². The Bertz CT molecular complexity index is 1240. The molecule has 0 aliphatic heterocycles. The highest BCUT2D eigenvalue weighted by atomic mass is 19.1. The zero-order chi connectivity index (χ0) is 21.1. The van der Waals surface area contributed by atoms with Gasteiger partial charge >= 0.3 is 5.63 Å². The van der Waals surface area contributed by atoms with Gasteiger partial charge in [0.2, 0.25) is 0 Å². The third kappa shape index (κ3) is 3.89.